The van der Waals surface area contributed by atoms with Gasteiger partial charge in [0.2, 0.25) is 0 Å². The van der Waals surface area contributed by atoms with Crippen LogP contribution in [0.2, 0.25) is 0 Å². The molecule has 1 aliphatic rings. The fraction of sp³-hybridized carbons (Fsp3) is 0.714. The van der Waals surface area contributed by atoms with E-state index < -0.39 is 5.60 Å². The first-order valence-electron chi connectivity index (χ1n) is 7.02. The Kier molecular flexibility index (Phi) is 4.61. The Morgan fingerprint density at radius 3 is 2.70 bits per heavy atom. The molecule has 1 aromatic heterocycles. The van der Waals surface area contributed by atoms with E-state index in [1.165, 1.54) is 12.8 Å². The van der Waals surface area contributed by atoms with Crippen molar-refractivity contribution >= 4 is 29.0 Å². The maximum absolute atomic E-state index is 12.1. The average molecular weight is 391 g/mol. The van der Waals surface area contributed by atoms with Crippen LogP contribution >= 0.6 is 22.9 Å². The quantitative estimate of drug-likeness (QED) is 0.736. The highest BCUT2D eigenvalue weighted by atomic mass is 127. The predicted molar refractivity (Wildman–Crippen MR) is 85.9 cm³/mol. The summed E-state index contributed by atoms with van der Waals surface area (Å²) in [5, 5.41) is 0. The van der Waals surface area contributed by atoms with E-state index in [9.17, 15) is 4.79 Å². The van der Waals surface area contributed by atoms with E-state index in [0.717, 1.165) is 11.5 Å². The highest BCUT2D eigenvalue weighted by Crippen LogP contribution is 2.40. The number of hydrogen-bond acceptors (Lipinski definition) is 3. The van der Waals surface area contributed by atoms with E-state index in [-0.39, 0.29) is 6.09 Å². The summed E-state index contributed by atoms with van der Waals surface area (Å²) in [6, 6.07) is 0. The summed E-state index contributed by atoms with van der Waals surface area (Å²) in [5.41, 5.74) is 0.459. The van der Waals surface area contributed by atoms with Crippen molar-refractivity contribution in [2.75, 3.05) is 6.54 Å². The lowest BCUT2D eigenvalue weighted by Crippen LogP contribution is -2.36. The molecular weight excluding hydrogens is 369 g/mol. The number of carbonyl (C=O) groups is 1. The number of imidazole rings is 1. The summed E-state index contributed by atoms with van der Waals surface area (Å²) in [6.45, 7) is 8.70. The number of nitrogens with zero attached hydrogens (tertiary/aromatic N) is 3. The minimum absolute atomic E-state index is 0.281. The molecule has 2 rings (SSSR count). The number of hydrogen-bond donors (Lipinski definition) is 0. The smallest absolute Gasteiger partial charge is 0.410 e. The van der Waals surface area contributed by atoms with Gasteiger partial charge >= 0.3 is 6.09 Å². The number of carbonyl (C=O) groups excluding carboxylic acids is 1. The molecule has 1 fully saturated rings. The van der Waals surface area contributed by atoms with Gasteiger partial charge in [-0.05, 0) is 40.5 Å². The lowest BCUT2D eigenvalue weighted by Gasteiger charge is -2.26. The van der Waals surface area contributed by atoms with Gasteiger partial charge in [-0.25, -0.2) is 9.78 Å². The second-order valence-corrected chi connectivity index (χ2v) is 7.21. The molecule has 0 unspecified atom stereocenters. The van der Waals surface area contributed by atoms with Crippen LogP contribution in [-0.2, 0) is 11.3 Å². The monoisotopic (exact) mass is 391 g/mol. The van der Waals surface area contributed by atoms with Gasteiger partial charge in [0.15, 0.2) is 0 Å². The molecule has 0 spiro atoms. The zero-order valence-electron chi connectivity index (χ0n) is 12.5. The van der Waals surface area contributed by atoms with Crippen molar-refractivity contribution in [1.29, 1.82) is 0 Å². The van der Waals surface area contributed by atoms with Gasteiger partial charge in [0.1, 0.15) is 11.4 Å². The first-order valence-corrected chi connectivity index (χ1v) is 7.99. The van der Waals surface area contributed by atoms with Crippen molar-refractivity contribution in [2.45, 2.75) is 58.6 Å². The van der Waals surface area contributed by atoms with Gasteiger partial charge in [0.05, 0.1) is 35.1 Å². The third kappa shape index (κ3) is 4.10. The molecule has 0 aliphatic heterocycles. The van der Waals surface area contributed by atoms with E-state index in [4.69, 9.17) is 4.74 Å². The molecule has 6 heteroatoms. The fourth-order valence-electron chi connectivity index (χ4n) is 1.93. The maximum Gasteiger partial charge on any atom is 0.410 e. The Hall–Kier alpha value is -0.790. The Balaban J connectivity index is 2.02. The molecule has 0 atom stereocenters. The number of ether oxygens (including phenoxy) is 1. The van der Waals surface area contributed by atoms with E-state index in [2.05, 4.69) is 27.8 Å². The highest BCUT2D eigenvalue weighted by molar-refractivity contribution is 14.1. The largest absolute Gasteiger partial charge is 0.444 e. The summed E-state index contributed by atoms with van der Waals surface area (Å²) in [4.78, 5) is 18.4. The normalized spacial score (nSPS) is 15.2. The van der Waals surface area contributed by atoms with E-state index in [1.54, 1.807) is 4.90 Å². The molecule has 0 N–H and O–H groups in total. The standard InChI is InChI=1S/C14H22IN3O2/c1-5-17(13(19)20-14(2,3)4)8-11-9-18(15)12(16-11)10-6-7-10/h9-10H,5-8H2,1-4H3. The molecule has 0 radical (unpaired) electrons. The molecule has 112 valence electrons. The molecule has 0 aromatic carbocycles. The third-order valence-corrected chi connectivity index (χ3v) is 3.84. The Morgan fingerprint density at radius 1 is 1.55 bits per heavy atom. The number of rotatable bonds is 4. The van der Waals surface area contributed by atoms with Crippen LogP contribution in [-0.4, -0.2) is 30.9 Å². The van der Waals surface area contributed by atoms with Gasteiger partial charge < -0.3 is 9.64 Å². The van der Waals surface area contributed by atoms with Gasteiger partial charge in [0.25, 0.3) is 0 Å². The maximum atomic E-state index is 12.1. The Bertz CT molecular complexity index is 489. The average Bonchev–Trinajstić information content (AvgIpc) is 3.08. The second kappa shape index (κ2) is 5.91. The van der Waals surface area contributed by atoms with Crippen molar-refractivity contribution < 1.29 is 9.53 Å². The van der Waals surface area contributed by atoms with Gasteiger partial charge in [-0.3, -0.25) is 2.78 Å². The lowest BCUT2D eigenvalue weighted by atomic mass is 10.2. The fourth-order valence-corrected chi connectivity index (χ4v) is 2.75. The van der Waals surface area contributed by atoms with E-state index in [0.29, 0.717) is 19.0 Å². The van der Waals surface area contributed by atoms with Crippen molar-refractivity contribution in [3.63, 3.8) is 0 Å². The first kappa shape index (κ1) is 15.6. The van der Waals surface area contributed by atoms with Crippen LogP contribution in [0, 0.1) is 0 Å². The zero-order valence-corrected chi connectivity index (χ0v) is 14.7. The van der Waals surface area contributed by atoms with Crippen molar-refractivity contribution in [3.8, 4) is 0 Å². The van der Waals surface area contributed by atoms with Crippen molar-refractivity contribution in [1.82, 2.24) is 12.7 Å². The molecule has 0 saturated heterocycles. The van der Waals surface area contributed by atoms with Crippen LogP contribution in [0.4, 0.5) is 4.79 Å². The molecule has 1 aliphatic carbocycles. The highest BCUT2D eigenvalue weighted by Gasteiger charge is 2.29. The molecule has 1 saturated carbocycles. The topological polar surface area (TPSA) is 47.4 Å². The van der Waals surface area contributed by atoms with Gasteiger partial charge in [-0.15, -0.1) is 0 Å². The molecular formula is C14H22IN3O2. The molecule has 20 heavy (non-hydrogen) atoms. The molecule has 5 nitrogen and oxygen atoms in total. The number of halogens is 1. The minimum Gasteiger partial charge on any atom is -0.444 e. The summed E-state index contributed by atoms with van der Waals surface area (Å²) >= 11 is 2.25. The van der Waals surface area contributed by atoms with Gasteiger partial charge in [0, 0.05) is 18.7 Å². The minimum atomic E-state index is -0.466. The van der Waals surface area contributed by atoms with Crippen molar-refractivity contribution in [3.05, 3.63) is 17.7 Å². The molecule has 1 heterocycles. The van der Waals surface area contributed by atoms with Crippen LogP contribution in [0.25, 0.3) is 0 Å². The lowest BCUT2D eigenvalue weighted by molar-refractivity contribution is 0.0242. The zero-order chi connectivity index (χ0) is 14.9. The number of amides is 1. The third-order valence-electron chi connectivity index (χ3n) is 3.07. The Morgan fingerprint density at radius 2 is 2.20 bits per heavy atom. The summed E-state index contributed by atoms with van der Waals surface area (Å²) in [5.74, 6) is 1.73. The van der Waals surface area contributed by atoms with Crippen molar-refractivity contribution in [2.24, 2.45) is 0 Å². The van der Waals surface area contributed by atoms with Crippen LogP contribution in [0.15, 0.2) is 6.20 Å². The summed E-state index contributed by atoms with van der Waals surface area (Å²) in [7, 11) is 0. The van der Waals surface area contributed by atoms with Gasteiger partial charge in [-0.1, -0.05) is 0 Å². The van der Waals surface area contributed by atoms with Crippen LogP contribution < -0.4 is 0 Å². The second-order valence-electron chi connectivity index (χ2n) is 6.17. The van der Waals surface area contributed by atoms with Crippen LogP contribution in [0.1, 0.15) is 58.0 Å². The summed E-state index contributed by atoms with van der Waals surface area (Å²) < 4.78 is 7.46. The SMILES string of the molecule is CCN(Cc1cn(I)c(C2CC2)n1)C(=O)OC(C)(C)C. The first-order chi connectivity index (χ1) is 9.30. The molecule has 1 aromatic rings. The van der Waals surface area contributed by atoms with E-state index in [1.807, 2.05) is 36.7 Å². The van der Waals surface area contributed by atoms with E-state index >= 15 is 0 Å². The molecule has 1 amide bonds. The van der Waals surface area contributed by atoms with Crippen LogP contribution in [0.5, 0.6) is 0 Å². The van der Waals surface area contributed by atoms with Crippen LogP contribution in [0.3, 0.4) is 0 Å². The Labute approximate surface area is 134 Å². The molecule has 0 bridgehead atoms. The van der Waals surface area contributed by atoms with Gasteiger partial charge in [-0.2, -0.15) is 0 Å². The number of aromatic nitrogens is 2. The predicted octanol–water partition coefficient (Wildman–Crippen LogP) is 3.72. The summed E-state index contributed by atoms with van der Waals surface area (Å²) in [6.07, 6.45) is 4.17.